The fraction of sp³-hybridized carbons (Fsp3) is 0.462. The largest absolute Gasteiger partial charge is 0.323 e. The van der Waals surface area contributed by atoms with Gasteiger partial charge in [0.15, 0.2) is 0 Å². The highest BCUT2D eigenvalue weighted by molar-refractivity contribution is 7.89. The summed E-state index contributed by atoms with van der Waals surface area (Å²) in [4.78, 5) is 16.7. The zero-order valence-electron chi connectivity index (χ0n) is 11.2. The number of hydrogen-bond acceptors (Lipinski definition) is 3. The predicted molar refractivity (Wildman–Crippen MR) is 76.1 cm³/mol. The first kappa shape index (κ1) is 13.4. The maximum atomic E-state index is 12.7. The summed E-state index contributed by atoms with van der Waals surface area (Å²) in [6.07, 6.45) is 2.85. The van der Waals surface area contributed by atoms with Gasteiger partial charge in [-0.2, -0.15) is 4.31 Å². The van der Waals surface area contributed by atoms with E-state index in [4.69, 9.17) is 0 Å². The van der Waals surface area contributed by atoms with Crippen LogP contribution in [0.1, 0.15) is 26.2 Å². The molecule has 1 aliphatic heterocycles. The van der Waals surface area contributed by atoms with Gasteiger partial charge < -0.3 is 9.97 Å². The van der Waals surface area contributed by atoms with Crippen molar-refractivity contribution in [3.63, 3.8) is 0 Å². The van der Waals surface area contributed by atoms with E-state index in [0.29, 0.717) is 17.6 Å². The van der Waals surface area contributed by atoms with Crippen LogP contribution in [-0.2, 0) is 10.0 Å². The van der Waals surface area contributed by atoms with Crippen LogP contribution in [0.3, 0.4) is 0 Å². The minimum absolute atomic E-state index is 0.0229. The van der Waals surface area contributed by atoms with Gasteiger partial charge in [0.25, 0.3) is 0 Å². The molecule has 1 fully saturated rings. The van der Waals surface area contributed by atoms with Crippen LogP contribution in [0.15, 0.2) is 27.9 Å². The molecule has 7 heteroatoms. The Bertz CT molecular complexity index is 791. The van der Waals surface area contributed by atoms with E-state index in [2.05, 4.69) is 9.97 Å². The van der Waals surface area contributed by atoms with Gasteiger partial charge in [-0.15, -0.1) is 0 Å². The molecule has 0 radical (unpaired) electrons. The molecule has 1 aliphatic rings. The van der Waals surface area contributed by atoms with E-state index in [1.807, 2.05) is 6.92 Å². The number of aromatic nitrogens is 2. The molecule has 0 spiro atoms. The number of H-pyrrole nitrogens is 2. The average Bonchev–Trinajstić information content (AvgIpc) is 2.78. The van der Waals surface area contributed by atoms with Crippen molar-refractivity contribution in [1.29, 1.82) is 0 Å². The lowest BCUT2D eigenvalue weighted by Gasteiger charge is -2.32. The van der Waals surface area contributed by atoms with Crippen LogP contribution in [0, 0.1) is 0 Å². The average molecular weight is 295 g/mol. The summed E-state index contributed by atoms with van der Waals surface area (Å²) in [5, 5.41) is 0. The molecule has 1 atom stereocenters. The van der Waals surface area contributed by atoms with Gasteiger partial charge in [-0.05, 0) is 38.0 Å². The first-order chi connectivity index (χ1) is 9.48. The van der Waals surface area contributed by atoms with E-state index in [1.54, 1.807) is 16.4 Å². The molecule has 0 aliphatic carbocycles. The number of benzene rings is 1. The Labute approximate surface area is 116 Å². The van der Waals surface area contributed by atoms with E-state index in [0.717, 1.165) is 19.3 Å². The summed E-state index contributed by atoms with van der Waals surface area (Å²) in [6, 6.07) is 4.70. The van der Waals surface area contributed by atoms with Crippen molar-refractivity contribution in [3.8, 4) is 0 Å². The molecule has 1 aromatic heterocycles. The minimum Gasteiger partial charge on any atom is -0.306 e. The third-order valence-electron chi connectivity index (χ3n) is 3.84. The molecule has 0 amide bonds. The second kappa shape index (κ2) is 4.75. The predicted octanol–water partition coefficient (Wildman–Crippen LogP) is 1.42. The molecule has 1 saturated heterocycles. The maximum absolute atomic E-state index is 12.7. The molecular formula is C13H17N3O3S. The third-order valence-corrected chi connectivity index (χ3v) is 5.85. The van der Waals surface area contributed by atoms with Gasteiger partial charge in [0.05, 0.1) is 15.9 Å². The van der Waals surface area contributed by atoms with Gasteiger partial charge in [0, 0.05) is 12.6 Å². The van der Waals surface area contributed by atoms with Gasteiger partial charge in [0.1, 0.15) is 0 Å². The van der Waals surface area contributed by atoms with E-state index in [1.165, 1.54) is 6.07 Å². The highest BCUT2D eigenvalue weighted by atomic mass is 32.2. The summed E-state index contributed by atoms with van der Waals surface area (Å²) >= 11 is 0. The first-order valence-corrected chi connectivity index (χ1v) is 8.16. The lowest BCUT2D eigenvalue weighted by Crippen LogP contribution is -2.41. The number of rotatable bonds is 2. The number of piperidine rings is 1. The number of imidazole rings is 1. The van der Waals surface area contributed by atoms with Crippen LogP contribution < -0.4 is 5.69 Å². The van der Waals surface area contributed by atoms with Gasteiger partial charge in [0.2, 0.25) is 10.0 Å². The first-order valence-electron chi connectivity index (χ1n) is 6.72. The molecule has 0 bridgehead atoms. The van der Waals surface area contributed by atoms with Gasteiger partial charge in [-0.1, -0.05) is 6.42 Å². The minimum atomic E-state index is -3.50. The van der Waals surface area contributed by atoms with E-state index in [9.17, 15) is 13.2 Å². The second-order valence-corrected chi connectivity index (χ2v) is 7.14. The second-order valence-electron chi connectivity index (χ2n) is 5.25. The lowest BCUT2D eigenvalue weighted by atomic mass is 10.1. The molecule has 108 valence electrons. The third kappa shape index (κ3) is 2.16. The Hall–Kier alpha value is -1.60. The number of hydrogen-bond donors (Lipinski definition) is 2. The van der Waals surface area contributed by atoms with Crippen LogP contribution in [0.4, 0.5) is 0 Å². The number of nitrogens with one attached hydrogen (secondary N) is 2. The summed E-state index contributed by atoms with van der Waals surface area (Å²) in [5.74, 6) is 0. The summed E-state index contributed by atoms with van der Waals surface area (Å²) in [6.45, 7) is 2.50. The zero-order chi connectivity index (χ0) is 14.3. The van der Waals surface area contributed by atoms with Crippen LogP contribution in [0.25, 0.3) is 11.0 Å². The molecule has 0 saturated carbocycles. The standard InChI is InChI=1S/C13H17N3O3S/c1-9-4-2-3-7-16(9)20(18,19)10-5-6-11-12(8-10)15-13(17)14-11/h5-6,8-9H,2-4,7H2,1H3,(H2,14,15,17)/t9-/m1/s1. The molecular weight excluding hydrogens is 278 g/mol. The molecule has 6 nitrogen and oxygen atoms in total. The van der Waals surface area contributed by atoms with Crippen molar-refractivity contribution >= 4 is 21.1 Å². The molecule has 2 aromatic rings. The van der Waals surface area contributed by atoms with Crippen LogP contribution in [-0.4, -0.2) is 35.3 Å². The summed E-state index contributed by atoms with van der Waals surface area (Å²) in [7, 11) is -3.50. The molecule has 2 heterocycles. The normalized spacial score (nSPS) is 21.4. The number of sulfonamides is 1. The Morgan fingerprint density at radius 3 is 2.70 bits per heavy atom. The smallest absolute Gasteiger partial charge is 0.306 e. The highest BCUT2D eigenvalue weighted by Crippen LogP contribution is 2.26. The molecule has 1 aromatic carbocycles. The number of fused-ring (bicyclic) bond motifs is 1. The van der Waals surface area contributed by atoms with E-state index >= 15 is 0 Å². The Morgan fingerprint density at radius 1 is 1.20 bits per heavy atom. The van der Waals surface area contributed by atoms with Gasteiger partial charge in [-0.3, -0.25) is 0 Å². The molecule has 20 heavy (non-hydrogen) atoms. The van der Waals surface area contributed by atoms with Crippen molar-refractivity contribution < 1.29 is 8.42 Å². The zero-order valence-corrected chi connectivity index (χ0v) is 12.0. The van der Waals surface area contributed by atoms with Crippen molar-refractivity contribution in [2.75, 3.05) is 6.54 Å². The number of nitrogens with zero attached hydrogens (tertiary/aromatic N) is 1. The van der Waals surface area contributed by atoms with E-state index < -0.39 is 10.0 Å². The van der Waals surface area contributed by atoms with Crippen molar-refractivity contribution in [1.82, 2.24) is 14.3 Å². The summed E-state index contributed by atoms with van der Waals surface area (Å²) in [5.41, 5.74) is 0.794. The maximum Gasteiger partial charge on any atom is 0.323 e. The topological polar surface area (TPSA) is 86.0 Å². The van der Waals surface area contributed by atoms with Crippen molar-refractivity contribution in [3.05, 3.63) is 28.7 Å². The Kier molecular flexibility index (Phi) is 3.18. The van der Waals surface area contributed by atoms with Crippen LogP contribution in [0.5, 0.6) is 0 Å². The molecule has 3 rings (SSSR count). The van der Waals surface area contributed by atoms with Gasteiger partial charge in [-0.25, -0.2) is 13.2 Å². The van der Waals surface area contributed by atoms with Crippen LogP contribution in [0.2, 0.25) is 0 Å². The fourth-order valence-corrected chi connectivity index (χ4v) is 4.46. The summed E-state index contributed by atoms with van der Waals surface area (Å²) < 4.78 is 26.9. The van der Waals surface area contributed by atoms with Crippen molar-refractivity contribution in [2.45, 2.75) is 37.1 Å². The SMILES string of the molecule is C[C@@H]1CCCCN1S(=O)(=O)c1ccc2[nH]c(=O)[nH]c2c1. The van der Waals surface area contributed by atoms with E-state index in [-0.39, 0.29) is 16.6 Å². The Balaban J connectivity index is 2.05. The highest BCUT2D eigenvalue weighted by Gasteiger charge is 2.31. The lowest BCUT2D eigenvalue weighted by molar-refractivity contribution is 0.268. The Morgan fingerprint density at radius 2 is 1.95 bits per heavy atom. The van der Waals surface area contributed by atoms with Gasteiger partial charge >= 0.3 is 5.69 Å². The van der Waals surface area contributed by atoms with Crippen molar-refractivity contribution in [2.24, 2.45) is 0 Å². The quantitative estimate of drug-likeness (QED) is 0.878. The van der Waals surface area contributed by atoms with Crippen LogP contribution >= 0.6 is 0 Å². The number of aromatic amines is 2. The molecule has 0 unspecified atom stereocenters. The molecule has 2 N–H and O–H groups in total. The monoisotopic (exact) mass is 295 g/mol. The fourth-order valence-electron chi connectivity index (χ4n) is 2.74.